The number of nitrogens with zero attached hydrogens (tertiary/aromatic N) is 1. The van der Waals surface area contributed by atoms with E-state index in [1.165, 1.54) is 0 Å². The van der Waals surface area contributed by atoms with Gasteiger partial charge in [-0.1, -0.05) is 42.0 Å². The van der Waals surface area contributed by atoms with Gasteiger partial charge in [0, 0.05) is 5.56 Å². The summed E-state index contributed by atoms with van der Waals surface area (Å²) in [6.07, 6.45) is -0.830. The molecule has 3 rings (SSSR count). The molecule has 0 bridgehead atoms. The van der Waals surface area contributed by atoms with Crippen LogP contribution in [0.15, 0.2) is 48.5 Å². The average Bonchev–Trinajstić information content (AvgIpc) is 2.66. The van der Waals surface area contributed by atoms with E-state index in [-0.39, 0.29) is 17.9 Å². The largest absolute Gasteiger partial charge is 0.480 e. The predicted octanol–water partition coefficient (Wildman–Crippen LogP) is 2.63. The van der Waals surface area contributed by atoms with Crippen LogP contribution in [0, 0.1) is 6.92 Å². The summed E-state index contributed by atoms with van der Waals surface area (Å²) >= 11 is 0. The quantitative estimate of drug-likeness (QED) is 0.643. The van der Waals surface area contributed by atoms with E-state index < -0.39 is 17.9 Å². The number of carbonyl (C=O) groups excluding carboxylic acids is 3. The van der Waals surface area contributed by atoms with Crippen LogP contribution in [0.4, 0.5) is 0 Å². The van der Waals surface area contributed by atoms with Crippen LogP contribution in [0.25, 0.3) is 0 Å². The molecule has 2 aromatic rings. The maximum atomic E-state index is 12.7. The Hall–Kier alpha value is -2.95. The van der Waals surface area contributed by atoms with Crippen LogP contribution in [0.3, 0.4) is 0 Å². The molecule has 0 saturated carbocycles. The maximum absolute atomic E-state index is 12.7. The molecular formula is C19H17NO4. The van der Waals surface area contributed by atoms with Gasteiger partial charge < -0.3 is 4.74 Å². The number of ether oxygens (including phenoxy) is 1. The summed E-state index contributed by atoms with van der Waals surface area (Å²) < 4.78 is 5.55. The van der Waals surface area contributed by atoms with Crippen LogP contribution >= 0.6 is 0 Å². The second-order valence-electron chi connectivity index (χ2n) is 5.77. The van der Waals surface area contributed by atoms with Gasteiger partial charge in [0.2, 0.25) is 0 Å². The van der Waals surface area contributed by atoms with E-state index in [2.05, 4.69) is 0 Å². The predicted molar refractivity (Wildman–Crippen MR) is 88.1 cm³/mol. The number of benzene rings is 2. The van der Waals surface area contributed by atoms with Crippen LogP contribution in [0.5, 0.6) is 5.75 Å². The number of para-hydroxylation sites is 1. The van der Waals surface area contributed by atoms with Crippen molar-refractivity contribution >= 4 is 17.6 Å². The molecule has 1 atom stereocenters. The lowest BCUT2D eigenvalue weighted by Crippen LogP contribution is -2.44. The molecule has 0 radical (unpaired) electrons. The highest BCUT2D eigenvalue weighted by atomic mass is 16.5. The first-order valence-corrected chi connectivity index (χ1v) is 7.68. The molecule has 2 amide bonds. The molecule has 1 heterocycles. The van der Waals surface area contributed by atoms with Crippen molar-refractivity contribution in [3.8, 4) is 5.75 Å². The molecule has 1 aliphatic rings. The number of rotatable bonds is 3. The van der Waals surface area contributed by atoms with Crippen molar-refractivity contribution in [2.24, 2.45) is 0 Å². The monoisotopic (exact) mass is 323 g/mol. The van der Waals surface area contributed by atoms with Crippen molar-refractivity contribution in [1.82, 2.24) is 4.90 Å². The highest BCUT2D eigenvalue weighted by Crippen LogP contribution is 2.25. The normalized spacial score (nSPS) is 17.1. The van der Waals surface area contributed by atoms with Crippen LogP contribution in [0.1, 0.15) is 33.2 Å². The molecule has 0 unspecified atom stereocenters. The Morgan fingerprint density at radius 3 is 2.46 bits per heavy atom. The van der Waals surface area contributed by atoms with E-state index in [1.54, 1.807) is 43.3 Å². The van der Waals surface area contributed by atoms with Gasteiger partial charge in [-0.15, -0.1) is 0 Å². The average molecular weight is 323 g/mol. The molecule has 0 aromatic heterocycles. The van der Waals surface area contributed by atoms with Crippen LogP contribution in [-0.2, 0) is 4.79 Å². The summed E-state index contributed by atoms with van der Waals surface area (Å²) in [5.74, 6) is -0.964. The Bertz CT molecular complexity index is 810. The molecular weight excluding hydrogens is 306 g/mol. The number of ketones is 1. The zero-order chi connectivity index (χ0) is 17.3. The van der Waals surface area contributed by atoms with E-state index in [0.717, 1.165) is 10.5 Å². The molecule has 2 aromatic carbocycles. The topological polar surface area (TPSA) is 63.7 Å². The van der Waals surface area contributed by atoms with Crippen LogP contribution in [0.2, 0.25) is 0 Å². The smallest absolute Gasteiger partial charge is 0.270 e. The first kappa shape index (κ1) is 15.9. The van der Waals surface area contributed by atoms with E-state index in [0.29, 0.717) is 11.3 Å². The van der Waals surface area contributed by atoms with E-state index in [9.17, 15) is 14.4 Å². The van der Waals surface area contributed by atoms with Crippen molar-refractivity contribution < 1.29 is 19.1 Å². The zero-order valence-electron chi connectivity index (χ0n) is 13.5. The van der Waals surface area contributed by atoms with E-state index >= 15 is 0 Å². The summed E-state index contributed by atoms with van der Waals surface area (Å²) in [7, 11) is 0. The first-order chi connectivity index (χ1) is 11.5. The number of carbonyl (C=O) groups is 3. The van der Waals surface area contributed by atoms with Crippen LogP contribution in [-0.4, -0.2) is 35.1 Å². The summed E-state index contributed by atoms with van der Waals surface area (Å²) in [5, 5.41) is 0. The lowest BCUT2D eigenvalue weighted by atomic mass is 10.1. The third-order valence-corrected chi connectivity index (χ3v) is 3.96. The number of Topliss-reactive ketones (excluding diaryl/α,β-unsaturated/α-hetero) is 1. The number of amides is 2. The maximum Gasteiger partial charge on any atom is 0.270 e. The van der Waals surface area contributed by atoms with Gasteiger partial charge in [0.15, 0.2) is 11.9 Å². The highest BCUT2D eigenvalue weighted by Gasteiger charge is 2.35. The first-order valence-electron chi connectivity index (χ1n) is 7.68. The molecule has 5 nitrogen and oxygen atoms in total. The third kappa shape index (κ3) is 2.93. The van der Waals surface area contributed by atoms with Crippen molar-refractivity contribution in [2.45, 2.75) is 20.0 Å². The van der Waals surface area contributed by atoms with Crippen molar-refractivity contribution in [3.63, 3.8) is 0 Å². The zero-order valence-corrected chi connectivity index (χ0v) is 13.5. The summed E-state index contributed by atoms with van der Waals surface area (Å²) in [6.45, 7) is 3.19. The third-order valence-electron chi connectivity index (χ3n) is 3.96. The fourth-order valence-corrected chi connectivity index (χ4v) is 2.58. The van der Waals surface area contributed by atoms with Gasteiger partial charge in [0.05, 0.1) is 12.1 Å². The minimum Gasteiger partial charge on any atom is -0.480 e. The van der Waals surface area contributed by atoms with E-state index in [1.807, 2.05) is 19.1 Å². The molecule has 0 saturated heterocycles. The van der Waals surface area contributed by atoms with Crippen molar-refractivity contribution in [1.29, 1.82) is 0 Å². The summed E-state index contributed by atoms with van der Waals surface area (Å²) in [6, 6.07) is 13.7. The molecule has 5 heteroatoms. The number of hydrogen-bond donors (Lipinski definition) is 0. The molecule has 24 heavy (non-hydrogen) atoms. The molecule has 0 spiro atoms. The van der Waals surface area contributed by atoms with Crippen molar-refractivity contribution in [3.05, 3.63) is 65.2 Å². The fraction of sp³-hybridized carbons (Fsp3) is 0.211. The van der Waals surface area contributed by atoms with Gasteiger partial charge in [-0.3, -0.25) is 19.3 Å². The molecule has 0 aliphatic carbocycles. The Kier molecular flexibility index (Phi) is 4.16. The Morgan fingerprint density at radius 1 is 1.08 bits per heavy atom. The van der Waals surface area contributed by atoms with Gasteiger partial charge in [0.25, 0.3) is 11.8 Å². The second-order valence-corrected chi connectivity index (χ2v) is 5.77. The lowest BCUT2D eigenvalue weighted by Gasteiger charge is -2.19. The minimum atomic E-state index is -0.830. The van der Waals surface area contributed by atoms with Gasteiger partial charge in [-0.25, -0.2) is 0 Å². The summed E-state index contributed by atoms with van der Waals surface area (Å²) in [4.78, 5) is 38.6. The molecule has 1 aliphatic heterocycles. The second kappa shape index (κ2) is 6.28. The fourth-order valence-electron chi connectivity index (χ4n) is 2.58. The standard InChI is InChI=1S/C19H17NO4/c1-12-7-9-14(10-8-12)16(21)11-20-18(22)13(2)24-17-6-4-3-5-15(17)19(20)23/h3-10,13H,11H2,1-2H3/t13-/m0/s1. The Labute approximate surface area is 139 Å². The van der Waals surface area contributed by atoms with Gasteiger partial charge >= 0.3 is 0 Å². The molecule has 122 valence electrons. The lowest BCUT2D eigenvalue weighted by molar-refractivity contribution is -0.134. The Balaban J connectivity index is 1.91. The highest BCUT2D eigenvalue weighted by molar-refractivity contribution is 6.12. The molecule has 0 N–H and O–H groups in total. The van der Waals surface area contributed by atoms with Crippen molar-refractivity contribution in [2.75, 3.05) is 6.54 Å². The number of aryl methyl sites for hydroxylation is 1. The Morgan fingerprint density at radius 2 is 1.75 bits per heavy atom. The van der Waals surface area contributed by atoms with Gasteiger partial charge in [-0.2, -0.15) is 0 Å². The molecule has 0 fully saturated rings. The summed E-state index contributed by atoms with van der Waals surface area (Å²) in [5.41, 5.74) is 1.78. The number of imide groups is 1. The van der Waals surface area contributed by atoms with E-state index in [4.69, 9.17) is 4.74 Å². The van der Waals surface area contributed by atoms with Gasteiger partial charge in [0.1, 0.15) is 5.75 Å². The SMILES string of the molecule is Cc1ccc(C(=O)CN2C(=O)c3ccccc3O[C@@H](C)C2=O)cc1. The number of fused-ring (bicyclic) bond motifs is 1. The number of hydrogen-bond acceptors (Lipinski definition) is 4. The van der Waals surface area contributed by atoms with Crippen LogP contribution < -0.4 is 4.74 Å². The van der Waals surface area contributed by atoms with Gasteiger partial charge in [-0.05, 0) is 26.0 Å². The minimum absolute atomic E-state index is 0.284.